The lowest BCUT2D eigenvalue weighted by Gasteiger charge is -2.06. The number of aromatic nitrogens is 2. The largest absolute Gasteiger partial charge is 0.507 e. The van der Waals surface area contributed by atoms with Gasteiger partial charge in [-0.25, -0.2) is 4.98 Å². The zero-order chi connectivity index (χ0) is 22.1. The van der Waals surface area contributed by atoms with E-state index in [-0.39, 0.29) is 11.5 Å². The molecule has 0 spiro atoms. The molecule has 8 nitrogen and oxygen atoms in total. The van der Waals surface area contributed by atoms with E-state index in [9.17, 15) is 15.0 Å². The van der Waals surface area contributed by atoms with Crippen molar-refractivity contribution >= 4 is 0 Å². The summed E-state index contributed by atoms with van der Waals surface area (Å²) < 4.78 is 16.1. The van der Waals surface area contributed by atoms with Gasteiger partial charge in [0.05, 0.1) is 19.8 Å². The first-order valence-electron chi connectivity index (χ1n) is 9.37. The van der Waals surface area contributed by atoms with Crippen LogP contribution in [-0.4, -0.2) is 34.4 Å². The van der Waals surface area contributed by atoms with E-state index in [0.29, 0.717) is 45.6 Å². The molecule has 4 rings (SSSR count). The van der Waals surface area contributed by atoms with Crippen molar-refractivity contribution in [2.24, 2.45) is 0 Å². The lowest BCUT2D eigenvalue weighted by atomic mass is 10.1. The summed E-state index contributed by atoms with van der Waals surface area (Å²) in [7, 11) is 3.09. The molecule has 0 aliphatic heterocycles. The molecule has 0 aliphatic rings. The van der Waals surface area contributed by atoms with Crippen molar-refractivity contribution in [3.8, 4) is 57.1 Å². The molecule has 0 aliphatic carbocycles. The molecule has 158 valence electrons. The van der Waals surface area contributed by atoms with Crippen LogP contribution in [0, 0.1) is 6.92 Å². The molecule has 2 aromatic heterocycles. The first kappa shape index (κ1) is 20.1. The monoisotopic (exact) mass is 420 g/mol. The van der Waals surface area contributed by atoms with Crippen LogP contribution in [0.1, 0.15) is 5.76 Å². The van der Waals surface area contributed by atoms with Crippen molar-refractivity contribution in [2.75, 3.05) is 14.2 Å². The van der Waals surface area contributed by atoms with Crippen LogP contribution in [0.4, 0.5) is 0 Å². The maximum absolute atomic E-state index is 12.2. The predicted molar refractivity (Wildman–Crippen MR) is 115 cm³/mol. The van der Waals surface area contributed by atoms with Crippen LogP contribution >= 0.6 is 0 Å². The Morgan fingerprint density at radius 1 is 0.968 bits per heavy atom. The number of imidazole rings is 1. The topological polar surface area (TPSA) is 118 Å². The van der Waals surface area contributed by atoms with Crippen LogP contribution < -0.4 is 14.9 Å². The minimum Gasteiger partial charge on any atom is -0.507 e. The molecule has 4 aromatic rings. The highest BCUT2D eigenvalue weighted by Crippen LogP contribution is 2.39. The third-order valence-electron chi connectivity index (χ3n) is 4.80. The van der Waals surface area contributed by atoms with Crippen LogP contribution in [0.3, 0.4) is 0 Å². The zero-order valence-corrected chi connectivity index (χ0v) is 17.1. The lowest BCUT2D eigenvalue weighted by Crippen LogP contribution is -2.01. The van der Waals surface area contributed by atoms with Gasteiger partial charge >= 0.3 is 0 Å². The highest BCUT2D eigenvalue weighted by Gasteiger charge is 2.23. The highest BCUT2D eigenvalue weighted by molar-refractivity contribution is 5.82. The van der Waals surface area contributed by atoms with Crippen molar-refractivity contribution < 1.29 is 24.1 Å². The summed E-state index contributed by atoms with van der Waals surface area (Å²) in [6, 6.07) is 13.1. The Hall–Kier alpha value is -4.20. The van der Waals surface area contributed by atoms with Gasteiger partial charge in [-0.15, -0.1) is 0 Å². The van der Waals surface area contributed by atoms with E-state index >= 15 is 0 Å². The molecule has 0 bridgehead atoms. The third-order valence-corrected chi connectivity index (χ3v) is 4.80. The maximum Gasteiger partial charge on any atom is 0.227 e. The van der Waals surface area contributed by atoms with Gasteiger partial charge in [-0.3, -0.25) is 4.79 Å². The van der Waals surface area contributed by atoms with Gasteiger partial charge in [-0.1, -0.05) is 0 Å². The molecule has 0 unspecified atom stereocenters. The van der Waals surface area contributed by atoms with E-state index in [1.807, 2.05) is 0 Å². The molecule has 0 radical (unpaired) electrons. The first-order chi connectivity index (χ1) is 14.9. The fraction of sp³-hybridized carbons (Fsp3) is 0.130. The maximum atomic E-state index is 12.2. The number of phenolic OH excluding ortho intramolecular Hbond substituents is 1. The number of nitrogens with one attached hydrogen (secondary N) is 1. The van der Waals surface area contributed by atoms with Crippen molar-refractivity contribution in [3.05, 3.63) is 64.5 Å². The Kier molecular flexibility index (Phi) is 5.12. The Morgan fingerprint density at radius 2 is 1.65 bits per heavy atom. The number of phenols is 1. The molecule has 0 amide bonds. The number of nitrogens with zero attached hydrogens (tertiary/aromatic N) is 1. The Labute approximate surface area is 177 Å². The van der Waals surface area contributed by atoms with E-state index in [1.54, 1.807) is 50.4 Å². The fourth-order valence-corrected chi connectivity index (χ4v) is 3.23. The quantitative estimate of drug-likeness (QED) is 0.445. The van der Waals surface area contributed by atoms with Gasteiger partial charge in [0.15, 0.2) is 5.76 Å². The number of ether oxygens (including phenoxy) is 2. The minimum atomic E-state index is -0.570. The summed E-state index contributed by atoms with van der Waals surface area (Å²) in [6.07, 6.45) is 0. The van der Waals surface area contributed by atoms with E-state index in [0.717, 1.165) is 0 Å². The van der Waals surface area contributed by atoms with Crippen LogP contribution in [0.2, 0.25) is 0 Å². The molecule has 3 N–H and O–H groups in total. The standard InChI is InChI=1S/C23H20N2O6/c1-12-10-18(27)21(28)22(31-12)20-19(13-4-6-14(29-2)7-5-13)24-23(25-20)16-11-15(30-3)8-9-17(16)26/h4-11,26,28H,1-3H3,(H,24,25). The Bertz CT molecular complexity index is 1300. The predicted octanol–water partition coefficient (Wildman–Crippen LogP) is 4.10. The average molecular weight is 420 g/mol. The third kappa shape index (κ3) is 3.71. The van der Waals surface area contributed by atoms with E-state index in [2.05, 4.69) is 9.97 Å². The molecule has 0 saturated carbocycles. The normalized spacial score (nSPS) is 10.8. The Morgan fingerprint density at radius 3 is 2.32 bits per heavy atom. The zero-order valence-electron chi connectivity index (χ0n) is 17.1. The number of aromatic hydroxyl groups is 2. The molecule has 2 heterocycles. The van der Waals surface area contributed by atoms with Crippen molar-refractivity contribution in [3.63, 3.8) is 0 Å². The summed E-state index contributed by atoms with van der Waals surface area (Å²) in [5, 5.41) is 20.8. The van der Waals surface area contributed by atoms with Crippen LogP contribution in [0.25, 0.3) is 34.1 Å². The summed E-state index contributed by atoms with van der Waals surface area (Å²) >= 11 is 0. The number of aryl methyl sites for hydroxylation is 1. The molecule has 31 heavy (non-hydrogen) atoms. The molecule has 0 saturated heterocycles. The average Bonchev–Trinajstić information content (AvgIpc) is 3.21. The van der Waals surface area contributed by atoms with E-state index < -0.39 is 11.2 Å². The minimum absolute atomic E-state index is 0.0164. The number of benzene rings is 2. The summed E-state index contributed by atoms with van der Waals surface area (Å²) in [5.74, 6) is 1.23. The fourth-order valence-electron chi connectivity index (χ4n) is 3.23. The van der Waals surface area contributed by atoms with Crippen molar-refractivity contribution in [2.45, 2.75) is 6.92 Å². The number of methoxy groups -OCH3 is 2. The number of rotatable bonds is 5. The van der Waals surface area contributed by atoms with Gasteiger partial charge in [-0.05, 0) is 49.4 Å². The van der Waals surface area contributed by atoms with Gasteiger partial charge < -0.3 is 29.1 Å². The number of H-pyrrole nitrogens is 1. The van der Waals surface area contributed by atoms with E-state index in [1.165, 1.54) is 19.2 Å². The van der Waals surface area contributed by atoms with Gasteiger partial charge in [0.25, 0.3) is 0 Å². The highest BCUT2D eigenvalue weighted by atomic mass is 16.5. The second kappa shape index (κ2) is 7.91. The van der Waals surface area contributed by atoms with Gasteiger partial charge in [0.1, 0.15) is 40.2 Å². The second-order valence-electron chi connectivity index (χ2n) is 6.82. The van der Waals surface area contributed by atoms with E-state index in [4.69, 9.17) is 13.9 Å². The van der Waals surface area contributed by atoms with Crippen molar-refractivity contribution in [1.29, 1.82) is 0 Å². The number of hydrogen-bond donors (Lipinski definition) is 3. The molecule has 2 aromatic carbocycles. The van der Waals surface area contributed by atoms with Gasteiger partial charge in [0.2, 0.25) is 11.2 Å². The summed E-state index contributed by atoms with van der Waals surface area (Å²) in [6.45, 7) is 1.61. The molecule has 0 atom stereocenters. The summed E-state index contributed by atoms with van der Waals surface area (Å²) in [5.41, 5.74) is 1.21. The van der Waals surface area contributed by atoms with Crippen LogP contribution in [0.15, 0.2) is 57.7 Å². The molecule has 0 fully saturated rings. The molecule has 8 heteroatoms. The molecular formula is C23H20N2O6. The second-order valence-corrected chi connectivity index (χ2v) is 6.82. The van der Waals surface area contributed by atoms with Crippen LogP contribution in [0.5, 0.6) is 23.0 Å². The SMILES string of the molecule is COc1ccc(-c2nc(-c3cc(OC)ccc3O)[nH]c2-c2oc(C)cc(=O)c2O)cc1. The van der Waals surface area contributed by atoms with Crippen LogP contribution in [-0.2, 0) is 0 Å². The Balaban J connectivity index is 1.98. The van der Waals surface area contributed by atoms with Gasteiger partial charge in [-0.2, -0.15) is 0 Å². The number of hydrogen-bond acceptors (Lipinski definition) is 7. The van der Waals surface area contributed by atoms with Crippen molar-refractivity contribution in [1.82, 2.24) is 9.97 Å². The lowest BCUT2D eigenvalue weighted by molar-refractivity contribution is 0.412. The molecular weight excluding hydrogens is 400 g/mol. The summed E-state index contributed by atoms with van der Waals surface area (Å²) in [4.78, 5) is 19.9. The van der Waals surface area contributed by atoms with Gasteiger partial charge in [0, 0.05) is 11.6 Å². The smallest absolute Gasteiger partial charge is 0.227 e. The first-order valence-corrected chi connectivity index (χ1v) is 9.37. The number of aromatic amines is 1.